The van der Waals surface area contributed by atoms with Gasteiger partial charge < -0.3 is 60.2 Å². The lowest BCUT2D eigenvalue weighted by Crippen LogP contribution is -2.62. The van der Waals surface area contributed by atoms with Gasteiger partial charge >= 0.3 is 27.4 Å². The number of rotatable bonds is 12. The number of aliphatic hydroxyl groups excluding tert-OH is 5. The van der Waals surface area contributed by atoms with Crippen LogP contribution in [-0.4, -0.2) is 131 Å². The smallest absolute Gasteiger partial charge is 0.444 e. The number of ether oxygens (including phenoxy) is 3. The van der Waals surface area contributed by atoms with Crippen LogP contribution in [0.4, 0.5) is 4.79 Å². The van der Waals surface area contributed by atoms with Crippen LogP contribution in [0.25, 0.3) is 0 Å². The van der Waals surface area contributed by atoms with E-state index in [0.717, 1.165) is 12.3 Å². The molecule has 0 aliphatic carbocycles. The Hall–Kier alpha value is -2.60. The molecule has 23 nitrogen and oxygen atoms in total. The second kappa shape index (κ2) is 15.3. The summed E-state index contributed by atoms with van der Waals surface area (Å²) in [4.78, 5) is 69.4. The van der Waals surface area contributed by atoms with E-state index >= 15 is 0 Å². The van der Waals surface area contributed by atoms with Gasteiger partial charge in [0.15, 0.2) is 18.6 Å². The van der Waals surface area contributed by atoms with Crippen LogP contribution in [0, 0.1) is 0 Å². The third-order valence-corrected chi connectivity index (χ3v) is 8.83. The quantitative estimate of drug-likeness (QED) is 0.0723. The highest BCUT2D eigenvalue weighted by molar-refractivity contribution is 7.61. The number of carbonyl (C=O) groups is 2. The summed E-state index contributed by atoms with van der Waals surface area (Å²) in [5, 5.41) is 55.6. The van der Waals surface area contributed by atoms with E-state index in [1.807, 2.05) is 4.98 Å². The average Bonchev–Trinajstić information content (AvgIpc) is 3.21. The van der Waals surface area contributed by atoms with Gasteiger partial charge in [-0.05, 0) is 20.8 Å². The van der Waals surface area contributed by atoms with Gasteiger partial charge in [-0.15, -0.1) is 0 Å². The fourth-order valence-electron chi connectivity index (χ4n) is 4.11. The fourth-order valence-corrected chi connectivity index (χ4v) is 6.27. The first-order chi connectivity index (χ1) is 21.6. The molecule has 10 N–H and O–H groups in total. The maximum absolute atomic E-state index is 12.5. The molecule has 2 saturated heterocycles. The summed E-state index contributed by atoms with van der Waals surface area (Å²) in [5.41, 5.74) is -2.58. The Kier molecular flexibility index (Phi) is 12.6. The van der Waals surface area contributed by atoms with E-state index in [2.05, 4.69) is 24.0 Å². The molecule has 2 aliphatic rings. The molecular weight excluding hydrogens is 686 g/mol. The number of carbonyl (C=O) groups excluding carboxylic acids is 2. The van der Waals surface area contributed by atoms with Crippen molar-refractivity contribution in [2.45, 2.75) is 81.6 Å². The van der Waals surface area contributed by atoms with Gasteiger partial charge in [0.2, 0.25) is 0 Å². The van der Waals surface area contributed by atoms with Crippen LogP contribution < -0.4 is 21.9 Å². The molecule has 47 heavy (non-hydrogen) atoms. The molecule has 2 fully saturated rings. The summed E-state index contributed by atoms with van der Waals surface area (Å²) >= 11 is 0. The van der Waals surface area contributed by atoms with Crippen LogP contribution in [0.1, 0.15) is 27.0 Å². The zero-order chi connectivity index (χ0) is 35.5. The van der Waals surface area contributed by atoms with Gasteiger partial charge in [0.25, 0.3) is 11.5 Å². The number of nitrogens with one attached hydrogen (secondary N) is 3. The molecule has 0 radical (unpaired) electrons. The predicted molar refractivity (Wildman–Crippen MR) is 149 cm³/mol. The number of phosphoric acid groups is 2. The van der Waals surface area contributed by atoms with Gasteiger partial charge in [0, 0.05) is 25.4 Å². The maximum Gasteiger partial charge on any atom is 0.483 e. The van der Waals surface area contributed by atoms with Gasteiger partial charge in [0.05, 0.1) is 6.61 Å². The van der Waals surface area contributed by atoms with Crippen molar-refractivity contribution in [3.8, 4) is 0 Å². The van der Waals surface area contributed by atoms with Crippen LogP contribution in [-0.2, 0) is 41.5 Å². The third kappa shape index (κ3) is 10.7. The first-order valence-electron chi connectivity index (χ1n) is 13.6. The Morgan fingerprint density at radius 2 is 1.57 bits per heavy atom. The average molecular weight is 722 g/mol. The summed E-state index contributed by atoms with van der Waals surface area (Å²) in [6.07, 6.45) is -17.8. The molecule has 0 spiro atoms. The van der Waals surface area contributed by atoms with Crippen LogP contribution in [0.2, 0.25) is 0 Å². The van der Waals surface area contributed by atoms with Crippen LogP contribution >= 0.6 is 15.6 Å². The molecule has 2 aliphatic heterocycles. The highest BCUT2D eigenvalue weighted by atomic mass is 31.3. The van der Waals surface area contributed by atoms with Gasteiger partial charge in [-0.25, -0.2) is 18.7 Å². The zero-order valence-electron chi connectivity index (χ0n) is 24.8. The van der Waals surface area contributed by atoms with Gasteiger partial charge in [-0.2, -0.15) is 4.31 Å². The largest absolute Gasteiger partial charge is 0.483 e. The summed E-state index contributed by atoms with van der Waals surface area (Å²) in [6, 6.07) is 0.913. The second-order valence-corrected chi connectivity index (χ2v) is 14.1. The van der Waals surface area contributed by atoms with Crippen molar-refractivity contribution in [1.82, 2.24) is 20.2 Å². The molecule has 11 atom stereocenters. The Morgan fingerprint density at radius 1 is 0.936 bits per heavy atom. The van der Waals surface area contributed by atoms with Crippen molar-refractivity contribution >= 4 is 27.6 Å². The van der Waals surface area contributed by atoms with Crippen molar-refractivity contribution in [1.29, 1.82) is 0 Å². The number of alkyl carbamates (subject to hydrolysis) is 1. The van der Waals surface area contributed by atoms with Crippen molar-refractivity contribution in [3.63, 3.8) is 0 Å². The first kappa shape index (κ1) is 38.8. The number of amides is 2. The molecule has 2 unspecified atom stereocenters. The molecule has 0 saturated carbocycles. The van der Waals surface area contributed by atoms with E-state index in [-0.39, 0.29) is 13.1 Å². The van der Waals surface area contributed by atoms with Gasteiger partial charge in [-0.1, -0.05) is 0 Å². The lowest BCUT2D eigenvalue weighted by Gasteiger charge is -2.39. The van der Waals surface area contributed by atoms with Crippen LogP contribution in [0.15, 0.2) is 21.9 Å². The Morgan fingerprint density at radius 3 is 2.19 bits per heavy atom. The molecule has 268 valence electrons. The number of H-pyrrole nitrogens is 1. The number of aromatic amines is 1. The lowest BCUT2D eigenvalue weighted by molar-refractivity contribution is -0.270. The number of aromatic nitrogens is 2. The predicted octanol–water partition coefficient (Wildman–Crippen LogP) is -4.15. The monoisotopic (exact) mass is 722 g/mol. The highest BCUT2D eigenvalue weighted by Gasteiger charge is 2.51. The molecule has 3 heterocycles. The molecule has 1 aromatic rings. The Bertz CT molecular complexity index is 1480. The van der Waals surface area contributed by atoms with Gasteiger partial charge in [-0.3, -0.25) is 28.2 Å². The fraction of sp³-hybridized carbons (Fsp3) is 0.727. The molecule has 2 amide bonds. The van der Waals surface area contributed by atoms with Crippen molar-refractivity contribution in [3.05, 3.63) is 33.1 Å². The zero-order valence-corrected chi connectivity index (χ0v) is 26.6. The van der Waals surface area contributed by atoms with E-state index in [1.165, 1.54) is 0 Å². The van der Waals surface area contributed by atoms with E-state index < -0.39 is 106 Å². The number of hydrogen-bond donors (Lipinski definition) is 10. The molecule has 0 bridgehead atoms. The maximum atomic E-state index is 12.5. The molecular formula is C22H36N4O19P2. The highest BCUT2D eigenvalue weighted by Crippen LogP contribution is 2.61. The van der Waals surface area contributed by atoms with Crippen LogP contribution in [0.3, 0.4) is 0 Å². The molecule has 1 aromatic heterocycles. The third-order valence-electron chi connectivity index (χ3n) is 6.23. The molecule has 25 heteroatoms. The van der Waals surface area contributed by atoms with E-state index in [4.69, 9.17) is 14.2 Å². The van der Waals surface area contributed by atoms with E-state index in [0.29, 0.717) is 4.57 Å². The standard InChI is InChI=1S/C22H36N4O19P2/c1-22(2,3)43-21(35)24-6-5-23-17(33)16-13(30)12(29)15(32)19(42-16)44-47(38,39)45-46(36,37)40-8-9-11(28)14(31)18(41-9)26-7-4-10(27)25-20(26)34/h4,7,9,11-16,18-19,28-32H,5-6,8H2,1-3H3,(H,23,33)(H,24,35)(H,36,37)(H,38,39)(H,25,27,34)/t9-,11-,12+,13+,14-,15-,16+,18-,19-/m1/s1. The number of phosphoric ester groups is 2. The number of nitrogens with zero attached hydrogens (tertiary/aromatic N) is 1. The number of aliphatic hydroxyl groups is 5. The normalized spacial score (nSPS) is 32.2. The van der Waals surface area contributed by atoms with Crippen molar-refractivity contribution in [2.24, 2.45) is 0 Å². The summed E-state index contributed by atoms with van der Waals surface area (Å²) in [5.74, 6) is -1.13. The van der Waals surface area contributed by atoms with Gasteiger partial charge in [0.1, 0.15) is 42.2 Å². The topological polar surface area (TPSA) is 344 Å². The number of hydrogen-bond acceptors (Lipinski definition) is 17. The van der Waals surface area contributed by atoms with E-state index in [9.17, 15) is 63.6 Å². The van der Waals surface area contributed by atoms with Crippen molar-refractivity contribution < 1.29 is 81.6 Å². The second-order valence-electron chi connectivity index (χ2n) is 11.1. The first-order valence-corrected chi connectivity index (χ1v) is 16.6. The molecule has 3 rings (SSSR count). The minimum Gasteiger partial charge on any atom is -0.444 e. The summed E-state index contributed by atoms with van der Waals surface area (Å²) in [7, 11) is -11.4. The lowest BCUT2D eigenvalue weighted by atomic mass is 9.98. The van der Waals surface area contributed by atoms with Crippen molar-refractivity contribution in [2.75, 3.05) is 19.7 Å². The Labute approximate surface area is 264 Å². The summed E-state index contributed by atoms with van der Waals surface area (Å²) < 4.78 is 54.1. The summed E-state index contributed by atoms with van der Waals surface area (Å²) in [6.45, 7) is 3.38. The molecule has 0 aromatic carbocycles. The minimum atomic E-state index is -5.78. The SMILES string of the molecule is CC(C)(C)OC(=O)NCCNC(=O)[C@H]1O[C@H](OP(=O)(O)OP(=O)(O)OC[C@H]2O[C@@H](n3ccc(=O)[nH]c3=O)[C@H](O)[C@@H]2O)[C@H](O)[C@@H](O)[C@@H]1O. The van der Waals surface area contributed by atoms with Crippen LogP contribution in [0.5, 0.6) is 0 Å². The minimum absolute atomic E-state index is 0.159. The van der Waals surface area contributed by atoms with E-state index in [1.54, 1.807) is 20.8 Å². The Balaban J connectivity index is 1.56.